The predicted octanol–water partition coefficient (Wildman–Crippen LogP) is 1.17. The number of nitrogens with zero attached hydrogens (tertiary/aromatic N) is 1. The smallest absolute Gasteiger partial charge is 0.329 e. The van der Waals surface area contributed by atoms with Gasteiger partial charge in [0.05, 0.1) is 17.8 Å². The van der Waals surface area contributed by atoms with Gasteiger partial charge in [-0.2, -0.15) is 0 Å². The summed E-state index contributed by atoms with van der Waals surface area (Å²) < 4.78 is 11.6. The lowest BCUT2D eigenvalue weighted by molar-refractivity contribution is -0.172. The first-order valence-corrected chi connectivity index (χ1v) is 7.58. The van der Waals surface area contributed by atoms with Crippen molar-refractivity contribution in [2.24, 2.45) is 0 Å². The number of carbonyl (C=O) groups excluding carboxylic acids is 1. The lowest BCUT2D eigenvalue weighted by Gasteiger charge is -2.47. The standard InChI is InChI=1S/C15H28N2O3/c1-6-19-12(18)15(17-9-7-16-8-10-17)11-13(2,3)20-14(15,4)5/h16H,6-11H2,1-5H3. The van der Waals surface area contributed by atoms with Gasteiger partial charge in [0.1, 0.15) is 0 Å². The topological polar surface area (TPSA) is 50.8 Å². The summed E-state index contributed by atoms with van der Waals surface area (Å²) in [4.78, 5) is 15.1. The first kappa shape index (κ1) is 15.7. The second-order valence-corrected chi connectivity index (χ2v) is 6.87. The Morgan fingerprint density at radius 2 is 1.85 bits per heavy atom. The zero-order chi connectivity index (χ0) is 15.0. The summed E-state index contributed by atoms with van der Waals surface area (Å²) in [5, 5.41) is 3.34. The Balaban J connectivity index is 2.40. The van der Waals surface area contributed by atoms with E-state index in [1.807, 2.05) is 20.8 Å². The molecule has 0 aromatic heterocycles. The van der Waals surface area contributed by atoms with Gasteiger partial charge in [-0.3, -0.25) is 4.90 Å². The van der Waals surface area contributed by atoms with Gasteiger partial charge in [0.2, 0.25) is 0 Å². The fourth-order valence-electron chi connectivity index (χ4n) is 3.88. The van der Waals surface area contributed by atoms with E-state index in [-0.39, 0.29) is 11.6 Å². The van der Waals surface area contributed by atoms with Gasteiger partial charge >= 0.3 is 5.97 Å². The zero-order valence-corrected chi connectivity index (χ0v) is 13.4. The summed E-state index contributed by atoms with van der Waals surface area (Å²) in [7, 11) is 0. The molecule has 0 aliphatic carbocycles. The Labute approximate surface area is 122 Å². The van der Waals surface area contributed by atoms with Crippen LogP contribution in [0.25, 0.3) is 0 Å². The number of nitrogens with one attached hydrogen (secondary N) is 1. The molecule has 2 aliphatic rings. The van der Waals surface area contributed by atoms with Crippen molar-refractivity contribution in [1.29, 1.82) is 0 Å². The van der Waals surface area contributed by atoms with E-state index in [2.05, 4.69) is 24.1 Å². The number of hydrogen-bond acceptors (Lipinski definition) is 5. The fraction of sp³-hybridized carbons (Fsp3) is 0.933. The summed E-state index contributed by atoms with van der Waals surface area (Å²) in [6, 6.07) is 0. The van der Waals surface area contributed by atoms with Crippen molar-refractivity contribution >= 4 is 5.97 Å². The average molecular weight is 284 g/mol. The van der Waals surface area contributed by atoms with E-state index in [1.165, 1.54) is 0 Å². The van der Waals surface area contributed by atoms with Crippen molar-refractivity contribution in [2.45, 2.75) is 57.8 Å². The second kappa shape index (κ2) is 5.28. The van der Waals surface area contributed by atoms with E-state index in [9.17, 15) is 4.79 Å². The van der Waals surface area contributed by atoms with Crippen LogP contribution in [0, 0.1) is 0 Å². The molecule has 2 aliphatic heterocycles. The third-order valence-electron chi connectivity index (χ3n) is 4.48. The molecule has 0 radical (unpaired) electrons. The molecule has 2 fully saturated rings. The molecule has 2 heterocycles. The van der Waals surface area contributed by atoms with Gasteiger partial charge in [-0.25, -0.2) is 4.79 Å². The van der Waals surface area contributed by atoms with Gasteiger partial charge in [0.25, 0.3) is 0 Å². The Morgan fingerprint density at radius 1 is 1.25 bits per heavy atom. The molecular weight excluding hydrogens is 256 g/mol. The quantitative estimate of drug-likeness (QED) is 0.789. The minimum absolute atomic E-state index is 0.141. The maximum absolute atomic E-state index is 12.8. The third-order valence-corrected chi connectivity index (χ3v) is 4.48. The maximum atomic E-state index is 12.8. The third kappa shape index (κ3) is 2.47. The Hall–Kier alpha value is -0.650. The minimum atomic E-state index is -0.686. The molecule has 2 saturated heterocycles. The van der Waals surface area contributed by atoms with E-state index in [0.29, 0.717) is 13.0 Å². The largest absolute Gasteiger partial charge is 0.465 e. The number of rotatable bonds is 3. The molecule has 1 N–H and O–H groups in total. The summed E-state index contributed by atoms with van der Waals surface area (Å²) in [6.07, 6.45) is 0.672. The molecule has 0 aromatic carbocycles. The predicted molar refractivity (Wildman–Crippen MR) is 77.7 cm³/mol. The fourth-order valence-corrected chi connectivity index (χ4v) is 3.88. The monoisotopic (exact) mass is 284 g/mol. The van der Waals surface area contributed by atoms with Crippen molar-refractivity contribution in [1.82, 2.24) is 10.2 Å². The van der Waals surface area contributed by atoms with E-state index < -0.39 is 11.1 Å². The number of hydrogen-bond donors (Lipinski definition) is 1. The first-order valence-electron chi connectivity index (χ1n) is 7.58. The minimum Gasteiger partial charge on any atom is -0.465 e. The van der Waals surface area contributed by atoms with Crippen molar-refractivity contribution in [2.75, 3.05) is 32.8 Å². The molecule has 116 valence electrons. The Bertz CT molecular complexity index is 375. The first-order chi connectivity index (χ1) is 9.25. The number of ether oxygens (including phenoxy) is 2. The SMILES string of the molecule is CCOC(=O)C1(N2CCNCC2)CC(C)(C)OC1(C)C. The highest BCUT2D eigenvalue weighted by atomic mass is 16.6. The molecule has 1 unspecified atom stereocenters. The van der Waals surface area contributed by atoms with E-state index in [1.54, 1.807) is 0 Å². The second-order valence-electron chi connectivity index (χ2n) is 6.87. The normalized spacial score (nSPS) is 33.0. The lowest BCUT2D eigenvalue weighted by atomic mass is 9.77. The van der Waals surface area contributed by atoms with E-state index >= 15 is 0 Å². The summed E-state index contributed by atoms with van der Waals surface area (Å²) >= 11 is 0. The highest BCUT2D eigenvalue weighted by Crippen LogP contribution is 2.49. The van der Waals surface area contributed by atoms with Crippen LogP contribution < -0.4 is 5.32 Å². The van der Waals surface area contributed by atoms with Crippen LogP contribution in [-0.2, 0) is 14.3 Å². The molecule has 1 atom stereocenters. The van der Waals surface area contributed by atoms with Crippen molar-refractivity contribution in [3.8, 4) is 0 Å². The summed E-state index contributed by atoms with van der Waals surface area (Å²) in [6.45, 7) is 13.9. The van der Waals surface area contributed by atoms with Crippen molar-refractivity contribution in [3.63, 3.8) is 0 Å². The van der Waals surface area contributed by atoms with Crippen molar-refractivity contribution in [3.05, 3.63) is 0 Å². The van der Waals surface area contributed by atoms with Crippen LogP contribution in [0.1, 0.15) is 41.0 Å². The molecule has 0 bridgehead atoms. The molecule has 0 amide bonds. The molecular formula is C15H28N2O3. The Kier molecular flexibility index (Phi) is 4.15. The van der Waals surface area contributed by atoms with Crippen LogP contribution in [0.5, 0.6) is 0 Å². The van der Waals surface area contributed by atoms with Crippen LogP contribution in [0.4, 0.5) is 0 Å². The van der Waals surface area contributed by atoms with Gasteiger partial charge in [-0.05, 0) is 34.6 Å². The Morgan fingerprint density at radius 3 is 2.30 bits per heavy atom. The van der Waals surface area contributed by atoms with Gasteiger partial charge in [0, 0.05) is 32.6 Å². The molecule has 2 rings (SSSR count). The summed E-state index contributed by atoms with van der Waals surface area (Å²) in [5.41, 5.74) is -1.56. The number of esters is 1. The zero-order valence-electron chi connectivity index (χ0n) is 13.4. The number of carbonyl (C=O) groups is 1. The molecule has 20 heavy (non-hydrogen) atoms. The molecule has 5 heteroatoms. The highest BCUT2D eigenvalue weighted by Gasteiger charge is 2.65. The average Bonchev–Trinajstić information content (AvgIpc) is 2.56. The van der Waals surface area contributed by atoms with Crippen LogP contribution >= 0.6 is 0 Å². The maximum Gasteiger partial charge on any atom is 0.329 e. The van der Waals surface area contributed by atoms with Crippen LogP contribution in [-0.4, -0.2) is 60.4 Å². The molecule has 0 spiro atoms. The van der Waals surface area contributed by atoms with Crippen LogP contribution in [0.3, 0.4) is 0 Å². The highest BCUT2D eigenvalue weighted by molar-refractivity contribution is 5.83. The van der Waals surface area contributed by atoms with Gasteiger partial charge in [-0.15, -0.1) is 0 Å². The van der Waals surface area contributed by atoms with Gasteiger partial charge < -0.3 is 14.8 Å². The molecule has 5 nitrogen and oxygen atoms in total. The summed E-state index contributed by atoms with van der Waals surface area (Å²) in [5.74, 6) is -0.141. The van der Waals surface area contributed by atoms with Gasteiger partial charge in [-0.1, -0.05) is 0 Å². The lowest BCUT2D eigenvalue weighted by Crippen LogP contribution is -2.67. The van der Waals surface area contributed by atoms with Crippen LogP contribution in [0.15, 0.2) is 0 Å². The van der Waals surface area contributed by atoms with E-state index in [0.717, 1.165) is 26.2 Å². The molecule has 0 aromatic rings. The van der Waals surface area contributed by atoms with Crippen LogP contribution in [0.2, 0.25) is 0 Å². The molecule has 0 saturated carbocycles. The number of piperazine rings is 1. The van der Waals surface area contributed by atoms with E-state index in [4.69, 9.17) is 9.47 Å². The van der Waals surface area contributed by atoms with Gasteiger partial charge in [0.15, 0.2) is 5.54 Å². The van der Waals surface area contributed by atoms with Crippen molar-refractivity contribution < 1.29 is 14.3 Å².